The second-order valence-corrected chi connectivity index (χ2v) is 7.02. The van der Waals surface area contributed by atoms with Gasteiger partial charge in [0, 0.05) is 26.0 Å². The standard InChI is InChI=1S/C23H23N5/c1-17-25-26-23(28(17)16-18-8-5-4-6-9-18)22-15-20(12-13-24-22)19-10-7-11-21(14-19)27(2)3/h4-15H,16H2,1-3H3. The molecule has 0 atom stereocenters. The monoisotopic (exact) mass is 369 g/mol. The molecule has 0 radical (unpaired) electrons. The van der Waals surface area contributed by atoms with E-state index in [1.165, 1.54) is 11.3 Å². The first-order chi connectivity index (χ1) is 13.6. The van der Waals surface area contributed by atoms with Gasteiger partial charge in [-0.2, -0.15) is 0 Å². The fourth-order valence-corrected chi connectivity index (χ4v) is 3.22. The second-order valence-electron chi connectivity index (χ2n) is 7.02. The molecule has 2 aromatic carbocycles. The molecule has 0 aliphatic heterocycles. The van der Waals surface area contributed by atoms with E-state index in [-0.39, 0.29) is 0 Å². The van der Waals surface area contributed by atoms with Gasteiger partial charge in [0.2, 0.25) is 0 Å². The highest BCUT2D eigenvalue weighted by Gasteiger charge is 2.14. The summed E-state index contributed by atoms with van der Waals surface area (Å²) in [5.74, 6) is 1.66. The van der Waals surface area contributed by atoms with E-state index in [2.05, 4.69) is 67.1 Å². The van der Waals surface area contributed by atoms with Crippen molar-refractivity contribution in [3.8, 4) is 22.6 Å². The molecule has 140 valence electrons. The van der Waals surface area contributed by atoms with E-state index in [0.29, 0.717) is 0 Å². The molecule has 4 aromatic rings. The van der Waals surface area contributed by atoms with Crippen molar-refractivity contribution < 1.29 is 0 Å². The number of aryl methyl sites for hydroxylation is 1. The summed E-state index contributed by atoms with van der Waals surface area (Å²) in [6.07, 6.45) is 1.84. The van der Waals surface area contributed by atoms with E-state index in [9.17, 15) is 0 Å². The maximum Gasteiger partial charge on any atom is 0.182 e. The van der Waals surface area contributed by atoms with Gasteiger partial charge in [-0.15, -0.1) is 10.2 Å². The first kappa shape index (κ1) is 17.9. The average Bonchev–Trinajstić information content (AvgIpc) is 3.09. The van der Waals surface area contributed by atoms with Gasteiger partial charge in [0.25, 0.3) is 0 Å². The Morgan fingerprint density at radius 2 is 1.64 bits per heavy atom. The molecule has 2 heterocycles. The van der Waals surface area contributed by atoms with Crippen molar-refractivity contribution in [2.24, 2.45) is 0 Å². The van der Waals surface area contributed by atoms with Crippen LogP contribution in [0.25, 0.3) is 22.6 Å². The molecule has 4 rings (SSSR count). The molecule has 0 unspecified atom stereocenters. The summed E-state index contributed by atoms with van der Waals surface area (Å²) in [5.41, 5.74) is 5.46. The molecular weight excluding hydrogens is 346 g/mol. The molecule has 0 aliphatic rings. The summed E-state index contributed by atoms with van der Waals surface area (Å²) in [6.45, 7) is 2.70. The number of benzene rings is 2. The van der Waals surface area contributed by atoms with E-state index < -0.39 is 0 Å². The van der Waals surface area contributed by atoms with Crippen LogP contribution >= 0.6 is 0 Å². The van der Waals surface area contributed by atoms with Crippen LogP contribution in [0.2, 0.25) is 0 Å². The third kappa shape index (κ3) is 3.64. The Balaban J connectivity index is 1.72. The zero-order valence-electron chi connectivity index (χ0n) is 16.4. The highest BCUT2D eigenvalue weighted by Crippen LogP contribution is 2.27. The molecule has 0 amide bonds. The molecule has 2 aromatic heterocycles. The maximum absolute atomic E-state index is 4.57. The van der Waals surface area contributed by atoms with Crippen molar-refractivity contribution >= 4 is 5.69 Å². The lowest BCUT2D eigenvalue weighted by molar-refractivity contribution is 0.766. The lowest BCUT2D eigenvalue weighted by Crippen LogP contribution is -2.08. The van der Waals surface area contributed by atoms with Gasteiger partial charge < -0.3 is 9.47 Å². The van der Waals surface area contributed by atoms with Crippen LogP contribution in [0.4, 0.5) is 5.69 Å². The van der Waals surface area contributed by atoms with Crippen LogP contribution in [0.15, 0.2) is 72.9 Å². The van der Waals surface area contributed by atoms with Crippen LogP contribution in [-0.2, 0) is 6.54 Å². The molecule has 0 spiro atoms. The SMILES string of the molecule is Cc1nnc(-c2cc(-c3cccc(N(C)C)c3)ccn2)n1Cc1ccccc1. The smallest absolute Gasteiger partial charge is 0.182 e. The van der Waals surface area contributed by atoms with Gasteiger partial charge in [0.15, 0.2) is 5.82 Å². The van der Waals surface area contributed by atoms with E-state index >= 15 is 0 Å². The Kier molecular flexibility index (Phi) is 4.89. The van der Waals surface area contributed by atoms with Crippen LogP contribution in [0.5, 0.6) is 0 Å². The molecule has 28 heavy (non-hydrogen) atoms. The van der Waals surface area contributed by atoms with E-state index in [1.807, 2.05) is 51.5 Å². The lowest BCUT2D eigenvalue weighted by atomic mass is 10.0. The summed E-state index contributed by atoms with van der Waals surface area (Å²) in [5, 5.41) is 8.70. The van der Waals surface area contributed by atoms with E-state index in [4.69, 9.17) is 0 Å². The second kappa shape index (κ2) is 7.64. The maximum atomic E-state index is 4.57. The predicted octanol–water partition coefficient (Wildman–Crippen LogP) is 4.43. The Hall–Kier alpha value is -3.47. The van der Waals surface area contributed by atoms with E-state index in [0.717, 1.165) is 35.0 Å². The van der Waals surface area contributed by atoms with Crippen molar-refractivity contribution in [2.75, 3.05) is 19.0 Å². The molecule has 0 saturated heterocycles. The molecule has 5 heteroatoms. The summed E-state index contributed by atoms with van der Waals surface area (Å²) in [4.78, 5) is 6.68. The van der Waals surface area contributed by atoms with Crippen LogP contribution < -0.4 is 4.90 Å². The number of nitrogens with zero attached hydrogens (tertiary/aromatic N) is 5. The number of anilines is 1. The van der Waals surface area contributed by atoms with Gasteiger partial charge in [0.05, 0.1) is 6.54 Å². The summed E-state index contributed by atoms with van der Waals surface area (Å²) in [7, 11) is 4.10. The molecule has 0 saturated carbocycles. The predicted molar refractivity (Wildman–Crippen MR) is 113 cm³/mol. The average molecular weight is 369 g/mol. The van der Waals surface area contributed by atoms with Crippen LogP contribution in [0.1, 0.15) is 11.4 Å². The highest BCUT2D eigenvalue weighted by molar-refractivity contribution is 5.71. The van der Waals surface area contributed by atoms with Gasteiger partial charge in [-0.05, 0) is 47.9 Å². The Morgan fingerprint density at radius 1 is 0.857 bits per heavy atom. The Labute approximate surface area is 165 Å². The topological polar surface area (TPSA) is 46.8 Å². The Morgan fingerprint density at radius 3 is 2.43 bits per heavy atom. The first-order valence-electron chi connectivity index (χ1n) is 9.30. The number of rotatable bonds is 5. The molecule has 5 nitrogen and oxygen atoms in total. The molecule has 0 N–H and O–H groups in total. The van der Waals surface area contributed by atoms with Crippen LogP contribution in [0.3, 0.4) is 0 Å². The van der Waals surface area contributed by atoms with Crippen LogP contribution in [-0.4, -0.2) is 33.8 Å². The molecular formula is C23H23N5. The first-order valence-corrected chi connectivity index (χ1v) is 9.30. The fourth-order valence-electron chi connectivity index (χ4n) is 3.22. The number of aromatic nitrogens is 4. The van der Waals surface area contributed by atoms with Crippen LogP contribution in [0, 0.1) is 6.92 Å². The normalized spacial score (nSPS) is 10.8. The van der Waals surface area contributed by atoms with Gasteiger partial charge in [-0.25, -0.2) is 0 Å². The van der Waals surface area contributed by atoms with E-state index in [1.54, 1.807) is 0 Å². The van der Waals surface area contributed by atoms with Gasteiger partial charge in [-0.1, -0.05) is 42.5 Å². The summed E-state index contributed by atoms with van der Waals surface area (Å²) < 4.78 is 2.11. The minimum absolute atomic E-state index is 0.719. The number of hydrogen-bond acceptors (Lipinski definition) is 4. The van der Waals surface area contributed by atoms with Crippen molar-refractivity contribution in [1.29, 1.82) is 0 Å². The van der Waals surface area contributed by atoms with Gasteiger partial charge in [-0.3, -0.25) is 4.98 Å². The Bertz CT molecular complexity index is 1080. The third-order valence-corrected chi connectivity index (χ3v) is 4.80. The van der Waals surface area contributed by atoms with Crippen molar-refractivity contribution in [1.82, 2.24) is 19.7 Å². The highest BCUT2D eigenvalue weighted by atomic mass is 15.3. The van der Waals surface area contributed by atoms with Gasteiger partial charge >= 0.3 is 0 Å². The molecule has 0 aliphatic carbocycles. The summed E-state index contributed by atoms with van der Waals surface area (Å²) in [6, 6.07) is 22.9. The zero-order chi connectivity index (χ0) is 19.5. The molecule has 0 fully saturated rings. The molecule has 0 bridgehead atoms. The quantitative estimate of drug-likeness (QED) is 0.522. The summed E-state index contributed by atoms with van der Waals surface area (Å²) >= 11 is 0. The lowest BCUT2D eigenvalue weighted by Gasteiger charge is -2.14. The van der Waals surface area contributed by atoms with Crippen molar-refractivity contribution in [3.05, 3.63) is 84.3 Å². The van der Waals surface area contributed by atoms with Crippen molar-refractivity contribution in [2.45, 2.75) is 13.5 Å². The fraction of sp³-hybridized carbons (Fsp3) is 0.174. The van der Waals surface area contributed by atoms with Gasteiger partial charge in [0.1, 0.15) is 11.5 Å². The third-order valence-electron chi connectivity index (χ3n) is 4.80. The minimum atomic E-state index is 0.719. The minimum Gasteiger partial charge on any atom is -0.378 e. The number of pyridine rings is 1. The number of hydrogen-bond donors (Lipinski definition) is 0. The zero-order valence-corrected chi connectivity index (χ0v) is 16.4. The van der Waals surface area contributed by atoms with Crippen molar-refractivity contribution in [3.63, 3.8) is 0 Å². The largest absolute Gasteiger partial charge is 0.378 e.